The molecule has 1 amide bonds. The Bertz CT molecular complexity index is 557. The molecule has 19 heavy (non-hydrogen) atoms. The zero-order valence-corrected chi connectivity index (χ0v) is 14.7. The van der Waals surface area contributed by atoms with E-state index in [-0.39, 0.29) is 5.91 Å². The lowest BCUT2D eigenvalue weighted by atomic mass is 10.3. The molecular formula is C13H11Br2NOS2. The summed E-state index contributed by atoms with van der Waals surface area (Å²) in [4.78, 5) is 13.1. The second kappa shape index (κ2) is 7.47. The minimum atomic E-state index is -0.0394. The fourth-order valence-electron chi connectivity index (χ4n) is 1.44. The number of rotatable bonds is 5. The fourth-order valence-corrected chi connectivity index (χ4v) is 5.02. The Hall–Kier alpha value is -0.300. The van der Waals surface area contributed by atoms with Crippen molar-refractivity contribution in [1.29, 1.82) is 0 Å². The molecule has 6 heteroatoms. The van der Waals surface area contributed by atoms with Crippen molar-refractivity contribution in [2.24, 2.45) is 0 Å². The standard InChI is InChI=1S/C13H11Br2NOS2/c14-11-8-10(12(15)19-11)13(17)16-6-7-18-9-4-2-1-3-5-9/h1-5,8H,6-7H2,(H,16,17). The number of carbonyl (C=O) groups excluding carboxylic acids is 1. The topological polar surface area (TPSA) is 29.1 Å². The number of thiophene rings is 1. The van der Waals surface area contributed by atoms with E-state index >= 15 is 0 Å². The van der Waals surface area contributed by atoms with Gasteiger partial charge in [-0.1, -0.05) is 18.2 Å². The summed E-state index contributed by atoms with van der Waals surface area (Å²) in [5, 5.41) is 2.92. The van der Waals surface area contributed by atoms with E-state index in [0.29, 0.717) is 12.1 Å². The molecule has 100 valence electrons. The van der Waals surface area contributed by atoms with E-state index in [9.17, 15) is 4.79 Å². The van der Waals surface area contributed by atoms with Crippen molar-refractivity contribution < 1.29 is 4.79 Å². The summed E-state index contributed by atoms with van der Waals surface area (Å²) in [5.41, 5.74) is 0.682. The second-order valence-corrected chi connectivity index (χ2v) is 8.57. The molecule has 0 saturated heterocycles. The number of hydrogen-bond donors (Lipinski definition) is 1. The monoisotopic (exact) mass is 419 g/mol. The summed E-state index contributed by atoms with van der Waals surface area (Å²) in [5.74, 6) is 0.820. The van der Waals surface area contributed by atoms with Gasteiger partial charge in [-0.3, -0.25) is 4.79 Å². The Morgan fingerprint density at radius 2 is 2.00 bits per heavy atom. The highest BCUT2D eigenvalue weighted by molar-refractivity contribution is 9.12. The third-order valence-corrected chi connectivity index (χ3v) is 5.65. The van der Waals surface area contributed by atoms with Gasteiger partial charge >= 0.3 is 0 Å². The average Bonchev–Trinajstić information content (AvgIpc) is 2.75. The lowest BCUT2D eigenvalue weighted by Crippen LogP contribution is -2.25. The van der Waals surface area contributed by atoms with Crippen LogP contribution < -0.4 is 5.32 Å². The summed E-state index contributed by atoms with van der Waals surface area (Å²) < 4.78 is 1.80. The third-order valence-electron chi connectivity index (χ3n) is 2.30. The van der Waals surface area contributed by atoms with Crippen LogP contribution in [0.5, 0.6) is 0 Å². The number of thioether (sulfide) groups is 1. The molecule has 0 bridgehead atoms. The van der Waals surface area contributed by atoms with E-state index < -0.39 is 0 Å². The molecule has 0 aliphatic rings. The first-order valence-corrected chi connectivity index (χ1v) is 8.96. The molecule has 0 atom stereocenters. The molecule has 0 spiro atoms. The Balaban J connectivity index is 1.77. The molecule has 0 saturated carbocycles. The van der Waals surface area contributed by atoms with Crippen LogP contribution in [-0.4, -0.2) is 18.2 Å². The van der Waals surface area contributed by atoms with Crippen molar-refractivity contribution >= 4 is 60.9 Å². The maximum atomic E-state index is 11.9. The molecule has 0 aliphatic heterocycles. The average molecular weight is 421 g/mol. The highest BCUT2D eigenvalue weighted by Crippen LogP contribution is 2.31. The zero-order valence-electron chi connectivity index (χ0n) is 9.86. The number of nitrogens with one attached hydrogen (secondary N) is 1. The highest BCUT2D eigenvalue weighted by atomic mass is 79.9. The van der Waals surface area contributed by atoms with Gasteiger partial charge in [-0.2, -0.15) is 0 Å². The van der Waals surface area contributed by atoms with Crippen molar-refractivity contribution in [2.75, 3.05) is 12.3 Å². The van der Waals surface area contributed by atoms with Crippen LogP contribution >= 0.6 is 55.0 Å². The highest BCUT2D eigenvalue weighted by Gasteiger charge is 2.12. The summed E-state index contributed by atoms with van der Waals surface area (Å²) in [6.07, 6.45) is 0. The van der Waals surface area contributed by atoms with Gasteiger partial charge < -0.3 is 5.32 Å². The first-order chi connectivity index (χ1) is 9.16. The summed E-state index contributed by atoms with van der Waals surface area (Å²) in [6, 6.07) is 12.0. The van der Waals surface area contributed by atoms with Crippen LogP contribution in [0, 0.1) is 0 Å². The molecule has 2 nitrogen and oxygen atoms in total. The number of halogens is 2. The lowest BCUT2D eigenvalue weighted by Gasteiger charge is -2.04. The largest absolute Gasteiger partial charge is 0.351 e. The van der Waals surface area contributed by atoms with Crippen LogP contribution in [0.1, 0.15) is 10.4 Å². The van der Waals surface area contributed by atoms with Crippen LogP contribution in [0.4, 0.5) is 0 Å². The summed E-state index contributed by atoms with van der Waals surface area (Å²) in [6.45, 7) is 0.651. The molecular weight excluding hydrogens is 410 g/mol. The summed E-state index contributed by atoms with van der Waals surface area (Å²) >= 11 is 9.99. The van der Waals surface area contributed by atoms with Gasteiger partial charge in [0, 0.05) is 17.2 Å². The van der Waals surface area contributed by atoms with Crippen molar-refractivity contribution in [3.63, 3.8) is 0 Å². The van der Waals surface area contributed by atoms with Crippen LogP contribution in [0.2, 0.25) is 0 Å². The molecule has 1 aromatic carbocycles. The molecule has 1 heterocycles. The minimum absolute atomic E-state index is 0.0394. The Kier molecular flexibility index (Phi) is 5.94. The van der Waals surface area contributed by atoms with Crippen LogP contribution in [0.15, 0.2) is 48.9 Å². The van der Waals surface area contributed by atoms with Gasteiger partial charge in [-0.05, 0) is 50.1 Å². The lowest BCUT2D eigenvalue weighted by molar-refractivity contribution is 0.0956. The minimum Gasteiger partial charge on any atom is -0.351 e. The van der Waals surface area contributed by atoms with Crippen molar-refractivity contribution in [2.45, 2.75) is 4.90 Å². The first-order valence-electron chi connectivity index (χ1n) is 5.57. The second-order valence-electron chi connectivity index (χ2n) is 3.66. The van der Waals surface area contributed by atoms with Gasteiger partial charge in [-0.25, -0.2) is 0 Å². The SMILES string of the molecule is O=C(NCCSc1ccccc1)c1cc(Br)sc1Br. The van der Waals surface area contributed by atoms with Crippen molar-refractivity contribution in [3.05, 3.63) is 49.5 Å². The van der Waals surface area contributed by atoms with Crippen molar-refractivity contribution in [3.8, 4) is 0 Å². The Labute approximate surface area is 137 Å². The quantitative estimate of drug-likeness (QED) is 0.556. The predicted molar refractivity (Wildman–Crippen MR) is 89.2 cm³/mol. The molecule has 0 aliphatic carbocycles. The van der Waals surface area contributed by atoms with E-state index in [2.05, 4.69) is 49.3 Å². The number of amides is 1. The first kappa shape index (κ1) is 15.1. The van der Waals surface area contributed by atoms with Crippen LogP contribution in [0.3, 0.4) is 0 Å². The van der Waals surface area contributed by atoms with E-state index in [1.54, 1.807) is 11.8 Å². The summed E-state index contributed by atoms with van der Waals surface area (Å²) in [7, 11) is 0. The molecule has 0 radical (unpaired) electrons. The van der Waals surface area contributed by atoms with Gasteiger partial charge in [0.25, 0.3) is 5.91 Å². The van der Waals surface area contributed by atoms with E-state index in [0.717, 1.165) is 13.3 Å². The van der Waals surface area contributed by atoms with Gasteiger partial charge in [-0.15, -0.1) is 23.1 Å². The third kappa shape index (κ3) is 4.63. The van der Waals surface area contributed by atoms with Gasteiger partial charge in [0.1, 0.15) is 0 Å². The number of carbonyl (C=O) groups is 1. The normalized spacial score (nSPS) is 10.4. The molecule has 1 aromatic heterocycles. The Morgan fingerprint density at radius 1 is 1.26 bits per heavy atom. The molecule has 1 N–H and O–H groups in total. The van der Waals surface area contributed by atoms with E-state index in [1.807, 2.05) is 24.3 Å². The smallest absolute Gasteiger partial charge is 0.253 e. The number of hydrogen-bond acceptors (Lipinski definition) is 3. The maximum absolute atomic E-state index is 11.9. The molecule has 0 unspecified atom stereocenters. The molecule has 0 fully saturated rings. The number of benzene rings is 1. The van der Waals surface area contributed by atoms with Crippen LogP contribution in [0.25, 0.3) is 0 Å². The van der Waals surface area contributed by atoms with Crippen LogP contribution in [-0.2, 0) is 0 Å². The van der Waals surface area contributed by atoms with Crippen molar-refractivity contribution in [1.82, 2.24) is 5.32 Å². The van der Waals surface area contributed by atoms with E-state index in [1.165, 1.54) is 16.2 Å². The Morgan fingerprint density at radius 3 is 2.63 bits per heavy atom. The van der Waals surface area contributed by atoms with Gasteiger partial charge in [0.2, 0.25) is 0 Å². The molecule has 2 rings (SSSR count). The zero-order chi connectivity index (χ0) is 13.7. The van der Waals surface area contributed by atoms with Gasteiger partial charge in [0.15, 0.2) is 0 Å². The van der Waals surface area contributed by atoms with Gasteiger partial charge in [0.05, 0.1) is 13.1 Å². The van der Waals surface area contributed by atoms with E-state index in [4.69, 9.17) is 0 Å². The molecule has 2 aromatic rings. The predicted octanol–water partition coefficient (Wildman–Crippen LogP) is 4.80. The fraction of sp³-hybridized carbons (Fsp3) is 0.154. The maximum Gasteiger partial charge on any atom is 0.253 e.